The number of amides is 2. The molecule has 0 spiro atoms. The molecule has 1 fully saturated rings. The number of aromatic nitrogens is 4. The molecule has 32 heavy (non-hydrogen) atoms. The number of thiazole rings is 1. The molecule has 4 aromatic heterocycles. The summed E-state index contributed by atoms with van der Waals surface area (Å²) in [6, 6.07) is 6.49. The van der Waals surface area contributed by atoms with E-state index < -0.39 is 17.7 Å². The van der Waals surface area contributed by atoms with Crippen LogP contribution in [0.4, 0.5) is 0 Å². The quantitative estimate of drug-likeness (QED) is 0.475. The normalized spacial score (nSPS) is 18.1. The van der Waals surface area contributed by atoms with Gasteiger partial charge < -0.3 is 14.8 Å². The van der Waals surface area contributed by atoms with Gasteiger partial charge in [0.05, 0.1) is 33.2 Å². The van der Waals surface area contributed by atoms with Crippen LogP contribution in [0.15, 0.2) is 48.4 Å². The number of hydrogen-bond donors (Lipinski definition) is 1. The molecule has 10 heteroatoms. The molecule has 1 saturated heterocycles. The molecule has 0 radical (unpaired) electrons. The molecule has 6 heterocycles. The summed E-state index contributed by atoms with van der Waals surface area (Å²) < 4.78 is 0. The van der Waals surface area contributed by atoms with Crippen molar-refractivity contribution >= 4 is 39.8 Å². The van der Waals surface area contributed by atoms with Gasteiger partial charge in [0.15, 0.2) is 0 Å². The Bertz CT molecular complexity index is 1380. The molecule has 158 valence electrons. The third kappa shape index (κ3) is 2.69. The van der Waals surface area contributed by atoms with Crippen LogP contribution in [-0.2, 0) is 4.79 Å². The third-order valence-corrected chi connectivity index (χ3v) is 6.76. The van der Waals surface area contributed by atoms with E-state index in [0.717, 1.165) is 4.88 Å². The van der Waals surface area contributed by atoms with E-state index >= 15 is 0 Å². The fourth-order valence-corrected chi connectivity index (χ4v) is 5.12. The zero-order chi connectivity index (χ0) is 21.8. The van der Waals surface area contributed by atoms with Gasteiger partial charge in [-0.1, -0.05) is 6.07 Å². The Morgan fingerprint density at radius 2 is 2.03 bits per heavy atom. The van der Waals surface area contributed by atoms with Gasteiger partial charge in [-0.2, -0.15) is 0 Å². The van der Waals surface area contributed by atoms with Crippen molar-refractivity contribution in [1.82, 2.24) is 29.7 Å². The van der Waals surface area contributed by atoms with Gasteiger partial charge in [0, 0.05) is 43.6 Å². The Morgan fingerprint density at radius 3 is 2.81 bits per heavy atom. The number of nitrogens with one attached hydrogen (secondary N) is 1. The Labute approximate surface area is 185 Å². The van der Waals surface area contributed by atoms with Gasteiger partial charge >= 0.3 is 0 Å². The van der Waals surface area contributed by atoms with Crippen LogP contribution in [0.2, 0.25) is 0 Å². The van der Waals surface area contributed by atoms with Gasteiger partial charge in [-0.3, -0.25) is 29.3 Å². The molecule has 0 aliphatic carbocycles. The van der Waals surface area contributed by atoms with Crippen molar-refractivity contribution in [2.75, 3.05) is 19.6 Å². The van der Waals surface area contributed by atoms with E-state index in [-0.39, 0.29) is 19.0 Å². The van der Waals surface area contributed by atoms with Crippen molar-refractivity contribution in [3.05, 3.63) is 65.3 Å². The van der Waals surface area contributed by atoms with Gasteiger partial charge in [-0.15, -0.1) is 11.3 Å². The molecule has 1 N–H and O–H groups in total. The van der Waals surface area contributed by atoms with Gasteiger partial charge in [0.1, 0.15) is 11.4 Å². The average molecular weight is 444 g/mol. The lowest BCUT2D eigenvalue weighted by molar-refractivity contribution is -0.131. The highest BCUT2D eigenvalue weighted by atomic mass is 32.1. The minimum atomic E-state index is -0.538. The maximum absolute atomic E-state index is 13.0. The average Bonchev–Trinajstić information content (AvgIpc) is 3.50. The standard InChI is InChI=1S/C22H16N6O3S/c29-20-16-12-4-6-25-19(15-9-23-11-32-15)17(12)26-18(16)14-10-27(7-8-28(14)22(20)31)21(30)13-3-1-2-5-24-13/h1-6,9,11,14,26H,7-8,10H2/t14-/m1/s1. The summed E-state index contributed by atoms with van der Waals surface area (Å²) >= 11 is 1.45. The van der Waals surface area contributed by atoms with Crippen LogP contribution < -0.4 is 0 Å². The van der Waals surface area contributed by atoms with Gasteiger partial charge in [0.2, 0.25) is 0 Å². The highest BCUT2D eigenvalue weighted by Gasteiger charge is 2.44. The number of piperazine rings is 1. The van der Waals surface area contributed by atoms with Crippen molar-refractivity contribution in [2.24, 2.45) is 0 Å². The lowest BCUT2D eigenvalue weighted by atomic mass is 9.93. The summed E-state index contributed by atoms with van der Waals surface area (Å²) in [5, 5.41) is 0.657. The van der Waals surface area contributed by atoms with E-state index in [0.29, 0.717) is 40.1 Å². The van der Waals surface area contributed by atoms with Gasteiger partial charge in [-0.05, 0) is 18.2 Å². The summed E-state index contributed by atoms with van der Waals surface area (Å²) in [6.45, 7) is 0.897. The number of pyridine rings is 2. The van der Waals surface area contributed by atoms with Crippen molar-refractivity contribution in [1.29, 1.82) is 0 Å². The summed E-state index contributed by atoms with van der Waals surface area (Å²) in [4.78, 5) is 59.2. The number of nitrogens with zero attached hydrogens (tertiary/aromatic N) is 5. The number of carbonyl (C=O) groups excluding carboxylic acids is 3. The summed E-state index contributed by atoms with van der Waals surface area (Å²) in [5.74, 6) is -1.27. The summed E-state index contributed by atoms with van der Waals surface area (Å²) in [7, 11) is 0. The van der Waals surface area contributed by atoms with Crippen molar-refractivity contribution in [3.8, 4) is 10.6 Å². The Morgan fingerprint density at radius 1 is 1.12 bits per heavy atom. The predicted molar refractivity (Wildman–Crippen MR) is 116 cm³/mol. The molecule has 4 aromatic rings. The fourth-order valence-electron chi connectivity index (χ4n) is 4.50. The van der Waals surface area contributed by atoms with Gasteiger partial charge in [-0.25, -0.2) is 0 Å². The highest BCUT2D eigenvalue weighted by Crippen LogP contribution is 2.39. The van der Waals surface area contributed by atoms with E-state index in [2.05, 4.69) is 19.9 Å². The second-order valence-corrected chi connectivity index (χ2v) is 8.56. The van der Waals surface area contributed by atoms with E-state index in [9.17, 15) is 14.4 Å². The number of H-pyrrole nitrogens is 1. The first-order chi connectivity index (χ1) is 15.6. The molecular formula is C22H16N6O3S. The van der Waals surface area contributed by atoms with Crippen LogP contribution in [0.3, 0.4) is 0 Å². The smallest absolute Gasteiger partial charge is 0.295 e. The topological polar surface area (TPSA) is 112 Å². The minimum absolute atomic E-state index is 0.195. The zero-order valence-corrected chi connectivity index (χ0v) is 17.5. The number of fused-ring (bicyclic) bond motifs is 5. The zero-order valence-electron chi connectivity index (χ0n) is 16.7. The number of ketones is 1. The first-order valence-electron chi connectivity index (χ1n) is 10.1. The molecule has 2 aliphatic heterocycles. The lowest BCUT2D eigenvalue weighted by Crippen LogP contribution is -2.56. The largest absolute Gasteiger partial charge is 0.354 e. The first-order valence-corrected chi connectivity index (χ1v) is 11.0. The van der Waals surface area contributed by atoms with Crippen LogP contribution >= 0.6 is 11.3 Å². The van der Waals surface area contributed by atoms with Gasteiger partial charge in [0.25, 0.3) is 17.6 Å². The highest BCUT2D eigenvalue weighted by molar-refractivity contribution is 7.13. The summed E-state index contributed by atoms with van der Waals surface area (Å²) in [5.41, 5.74) is 4.46. The Kier molecular flexibility index (Phi) is 4.15. The van der Waals surface area contributed by atoms with Crippen molar-refractivity contribution < 1.29 is 14.4 Å². The molecular weight excluding hydrogens is 428 g/mol. The van der Waals surface area contributed by atoms with Crippen LogP contribution in [0.1, 0.15) is 32.6 Å². The number of hydrogen-bond acceptors (Lipinski definition) is 7. The molecule has 6 rings (SSSR count). The SMILES string of the molecule is O=C1C(=O)N2CCN(C(=O)c3ccccn3)C[C@@H]2c2[nH]c3c(-c4cncs4)nccc3c21. The van der Waals surface area contributed by atoms with Crippen LogP contribution in [0, 0.1) is 0 Å². The fraction of sp³-hybridized carbons (Fsp3) is 0.182. The molecule has 9 nitrogen and oxygen atoms in total. The second kappa shape index (κ2) is 7.06. The van der Waals surface area contributed by atoms with Crippen LogP contribution in [0.5, 0.6) is 0 Å². The number of rotatable bonds is 2. The van der Waals surface area contributed by atoms with E-state index in [1.54, 1.807) is 58.2 Å². The number of Topliss-reactive ketones (excluding diaryl/α,β-unsaturated/α-hetero) is 1. The van der Waals surface area contributed by atoms with Crippen molar-refractivity contribution in [2.45, 2.75) is 6.04 Å². The molecule has 1 atom stereocenters. The van der Waals surface area contributed by atoms with E-state index in [1.807, 2.05) is 0 Å². The molecule has 0 unspecified atom stereocenters. The number of carbonyl (C=O) groups is 3. The monoisotopic (exact) mass is 444 g/mol. The molecule has 0 saturated carbocycles. The maximum Gasteiger partial charge on any atom is 0.295 e. The summed E-state index contributed by atoms with van der Waals surface area (Å²) in [6.07, 6.45) is 4.93. The minimum Gasteiger partial charge on any atom is -0.354 e. The molecule has 2 aliphatic rings. The molecule has 0 aromatic carbocycles. The van der Waals surface area contributed by atoms with Crippen LogP contribution in [0.25, 0.3) is 21.5 Å². The molecule has 2 amide bonds. The second-order valence-electron chi connectivity index (χ2n) is 7.67. The predicted octanol–water partition coefficient (Wildman–Crippen LogP) is 2.30. The first kappa shape index (κ1) is 18.8. The Hall–Kier alpha value is -3.92. The third-order valence-electron chi connectivity index (χ3n) is 5.98. The number of aromatic amines is 1. The van der Waals surface area contributed by atoms with Crippen LogP contribution in [-0.4, -0.2) is 67.0 Å². The molecule has 0 bridgehead atoms. The van der Waals surface area contributed by atoms with E-state index in [4.69, 9.17) is 0 Å². The maximum atomic E-state index is 13.0. The Balaban J connectivity index is 1.46. The lowest BCUT2D eigenvalue weighted by Gasteiger charge is -2.42. The van der Waals surface area contributed by atoms with E-state index in [1.165, 1.54) is 11.3 Å². The van der Waals surface area contributed by atoms with Crippen molar-refractivity contribution in [3.63, 3.8) is 0 Å².